The largest absolute Gasteiger partial charge is 0.380 e. The van der Waals surface area contributed by atoms with Crippen LogP contribution in [-0.2, 0) is 17.8 Å². The van der Waals surface area contributed by atoms with E-state index in [1.807, 2.05) is 12.5 Å². The van der Waals surface area contributed by atoms with E-state index >= 15 is 0 Å². The van der Waals surface area contributed by atoms with Gasteiger partial charge >= 0.3 is 0 Å². The zero-order chi connectivity index (χ0) is 10.4. The van der Waals surface area contributed by atoms with E-state index in [0.29, 0.717) is 0 Å². The first-order valence-electron chi connectivity index (χ1n) is 5.00. The van der Waals surface area contributed by atoms with E-state index in [1.54, 1.807) is 7.11 Å². The summed E-state index contributed by atoms with van der Waals surface area (Å²) in [4.78, 5) is 4.13. The molecule has 0 aliphatic rings. The molecule has 0 spiro atoms. The van der Waals surface area contributed by atoms with Gasteiger partial charge in [-0.1, -0.05) is 6.92 Å². The molecular weight excluding hydrogens is 178 g/mol. The zero-order valence-corrected chi connectivity index (χ0v) is 9.16. The molecule has 80 valence electrons. The van der Waals surface area contributed by atoms with Gasteiger partial charge in [0.1, 0.15) is 0 Å². The number of rotatable bonds is 6. The Balaban J connectivity index is 2.53. The van der Waals surface area contributed by atoms with Crippen LogP contribution < -0.4 is 5.32 Å². The average Bonchev–Trinajstić information content (AvgIpc) is 2.62. The summed E-state index contributed by atoms with van der Waals surface area (Å²) in [6.45, 7) is 6.85. The van der Waals surface area contributed by atoms with Gasteiger partial charge in [0.25, 0.3) is 0 Å². The molecule has 1 heterocycles. The third kappa shape index (κ3) is 3.12. The second kappa shape index (κ2) is 5.78. The van der Waals surface area contributed by atoms with Gasteiger partial charge in [0.05, 0.1) is 18.1 Å². The highest BCUT2D eigenvalue weighted by atomic mass is 16.5. The second-order valence-corrected chi connectivity index (χ2v) is 3.36. The molecule has 0 aliphatic heterocycles. The van der Waals surface area contributed by atoms with E-state index in [-0.39, 0.29) is 6.10 Å². The van der Waals surface area contributed by atoms with E-state index in [1.165, 1.54) is 5.69 Å². The number of nitrogens with one attached hydrogen (secondary N) is 1. The highest BCUT2D eigenvalue weighted by molar-refractivity contribution is 4.98. The van der Waals surface area contributed by atoms with Crippen molar-refractivity contribution in [3.8, 4) is 0 Å². The van der Waals surface area contributed by atoms with Crippen molar-refractivity contribution in [2.45, 2.75) is 33.0 Å². The molecule has 1 aromatic rings. The van der Waals surface area contributed by atoms with Crippen LogP contribution in [0.5, 0.6) is 0 Å². The predicted molar refractivity (Wildman–Crippen MR) is 56.1 cm³/mol. The van der Waals surface area contributed by atoms with Crippen LogP contribution in [-0.4, -0.2) is 29.3 Å². The van der Waals surface area contributed by atoms with Crippen molar-refractivity contribution in [3.05, 3.63) is 18.2 Å². The molecule has 0 bridgehead atoms. The maximum Gasteiger partial charge on any atom is 0.0949 e. The lowest BCUT2D eigenvalue weighted by molar-refractivity contribution is 0.102. The Hall–Kier alpha value is -0.870. The lowest BCUT2D eigenvalue weighted by Gasteiger charge is -2.13. The van der Waals surface area contributed by atoms with E-state index in [9.17, 15) is 0 Å². The van der Waals surface area contributed by atoms with Gasteiger partial charge in [-0.05, 0) is 13.5 Å². The van der Waals surface area contributed by atoms with Crippen LogP contribution in [0.15, 0.2) is 12.5 Å². The van der Waals surface area contributed by atoms with Gasteiger partial charge in [-0.3, -0.25) is 0 Å². The summed E-state index contributed by atoms with van der Waals surface area (Å²) in [5, 5.41) is 3.28. The number of imidazole rings is 1. The molecule has 0 saturated carbocycles. The molecule has 1 N–H and O–H groups in total. The molecule has 0 amide bonds. The summed E-state index contributed by atoms with van der Waals surface area (Å²) >= 11 is 0. The van der Waals surface area contributed by atoms with Gasteiger partial charge in [-0.15, -0.1) is 0 Å². The van der Waals surface area contributed by atoms with Crippen LogP contribution in [0, 0.1) is 0 Å². The van der Waals surface area contributed by atoms with Crippen LogP contribution in [0.4, 0.5) is 0 Å². The molecule has 1 atom stereocenters. The third-order valence-corrected chi connectivity index (χ3v) is 2.21. The molecule has 0 fully saturated rings. The van der Waals surface area contributed by atoms with E-state index in [0.717, 1.165) is 19.6 Å². The van der Waals surface area contributed by atoms with Crippen molar-refractivity contribution in [3.63, 3.8) is 0 Å². The maximum atomic E-state index is 5.21. The first kappa shape index (κ1) is 11.2. The minimum absolute atomic E-state index is 0.226. The quantitative estimate of drug-likeness (QED) is 0.740. The second-order valence-electron chi connectivity index (χ2n) is 3.36. The number of hydrogen-bond donors (Lipinski definition) is 1. The van der Waals surface area contributed by atoms with Gasteiger partial charge < -0.3 is 14.6 Å². The Morgan fingerprint density at radius 1 is 1.64 bits per heavy atom. The van der Waals surface area contributed by atoms with Crippen LogP contribution in [0.3, 0.4) is 0 Å². The molecule has 1 unspecified atom stereocenters. The standard InChI is InChI=1S/C10H19N3O/c1-4-11-5-10-6-12-8-13(10)7-9(2)14-3/h6,8-9,11H,4-5,7H2,1-3H3. The molecule has 14 heavy (non-hydrogen) atoms. The van der Waals surface area contributed by atoms with E-state index < -0.39 is 0 Å². The molecule has 0 saturated heterocycles. The van der Waals surface area contributed by atoms with Crippen LogP contribution >= 0.6 is 0 Å². The van der Waals surface area contributed by atoms with Crippen molar-refractivity contribution in [1.82, 2.24) is 14.9 Å². The minimum Gasteiger partial charge on any atom is -0.380 e. The first-order valence-corrected chi connectivity index (χ1v) is 5.00. The molecule has 1 aromatic heterocycles. The average molecular weight is 197 g/mol. The fourth-order valence-electron chi connectivity index (χ4n) is 1.26. The fourth-order valence-corrected chi connectivity index (χ4v) is 1.26. The van der Waals surface area contributed by atoms with Crippen molar-refractivity contribution in [2.24, 2.45) is 0 Å². The van der Waals surface area contributed by atoms with Crippen molar-refractivity contribution in [1.29, 1.82) is 0 Å². The highest BCUT2D eigenvalue weighted by Crippen LogP contribution is 2.02. The summed E-state index contributed by atoms with van der Waals surface area (Å²) in [6, 6.07) is 0. The van der Waals surface area contributed by atoms with Crippen LogP contribution in [0.1, 0.15) is 19.5 Å². The van der Waals surface area contributed by atoms with Crippen molar-refractivity contribution in [2.75, 3.05) is 13.7 Å². The van der Waals surface area contributed by atoms with Gasteiger partial charge in [-0.25, -0.2) is 4.98 Å². The zero-order valence-electron chi connectivity index (χ0n) is 9.16. The summed E-state index contributed by atoms with van der Waals surface area (Å²) in [7, 11) is 1.73. The van der Waals surface area contributed by atoms with E-state index in [4.69, 9.17) is 4.74 Å². The topological polar surface area (TPSA) is 39.1 Å². The predicted octanol–water partition coefficient (Wildman–Crippen LogP) is 1.03. The van der Waals surface area contributed by atoms with Crippen LogP contribution in [0.2, 0.25) is 0 Å². The molecule has 4 heteroatoms. The maximum absolute atomic E-state index is 5.21. The summed E-state index contributed by atoms with van der Waals surface area (Å²) < 4.78 is 7.34. The van der Waals surface area contributed by atoms with Gasteiger partial charge in [-0.2, -0.15) is 0 Å². The van der Waals surface area contributed by atoms with Gasteiger partial charge in [0.15, 0.2) is 0 Å². The summed E-state index contributed by atoms with van der Waals surface area (Å²) in [6.07, 6.45) is 3.97. The molecule has 0 radical (unpaired) electrons. The summed E-state index contributed by atoms with van der Waals surface area (Å²) in [5.74, 6) is 0. The van der Waals surface area contributed by atoms with Crippen molar-refractivity contribution >= 4 is 0 Å². The molecule has 0 aliphatic carbocycles. The smallest absolute Gasteiger partial charge is 0.0949 e. The lowest BCUT2D eigenvalue weighted by Crippen LogP contribution is -2.19. The number of nitrogens with zero attached hydrogens (tertiary/aromatic N) is 2. The summed E-state index contributed by atoms with van der Waals surface area (Å²) in [5.41, 5.74) is 1.20. The number of hydrogen-bond acceptors (Lipinski definition) is 3. The van der Waals surface area contributed by atoms with Crippen LogP contribution in [0.25, 0.3) is 0 Å². The Morgan fingerprint density at radius 3 is 3.07 bits per heavy atom. The molecule has 4 nitrogen and oxygen atoms in total. The minimum atomic E-state index is 0.226. The van der Waals surface area contributed by atoms with Crippen molar-refractivity contribution < 1.29 is 4.74 Å². The molecule has 1 rings (SSSR count). The van der Waals surface area contributed by atoms with Gasteiger partial charge in [0, 0.05) is 26.4 Å². The Kier molecular flexibility index (Phi) is 4.62. The molecular formula is C10H19N3O. The molecule has 0 aromatic carbocycles. The van der Waals surface area contributed by atoms with Gasteiger partial charge in [0.2, 0.25) is 0 Å². The fraction of sp³-hybridized carbons (Fsp3) is 0.700. The first-order chi connectivity index (χ1) is 6.77. The number of ether oxygens (including phenoxy) is 1. The highest BCUT2D eigenvalue weighted by Gasteiger charge is 2.05. The number of aromatic nitrogens is 2. The Morgan fingerprint density at radius 2 is 2.43 bits per heavy atom. The number of methoxy groups -OCH3 is 1. The lowest BCUT2D eigenvalue weighted by atomic mass is 10.3. The van der Waals surface area contributed by atoms with E-state index in [2.05, 4.69) is 28.7 Å². The monoisotopic (exact) mass is 197 g/mol. The Bertz CT molecular complexity index is 260. The SMILES string of the molecule is CCNCc1cncn1CC(C)OC. The normalized spacial score (nSPS) is 13.1. The Labute approximate surface area is 85.3 Å². The third-order valence-electron chi connectivity index (χ3n) is 2.21.